The highest BCUT2D eigenvalue weighted by molar-refractivity contribution is 5.32. The largest absolute Gasteiger partial charge is 0.234 e. The summed E-state index contributed by atoms with van der Waals surface area (Å²) in [7, 11) is 0. The number of hydrogen-bond acceptors (Lipinski definition) is 4. The van der Waals surface area contributed by atoms with Crippen molar-refractivity contribution in [2.24, 2.45) is 9.98 Å². The van der Waals surface area contributed by atoms with E-state index in [-0.39, 0.29) is 0 Å². The Kier molecular flexibility index (Phi) is 10.3. The summed E-state index contributed by atoms with van der Waals surface area (Å²) < 4.78 is 0. The highest BCUT2D eigenvalue weighted by Crippen LogP contribution is 1.97. The van der Waals surface area contributed by atoms with E-state index in [9.17, 15) is 9.59 Å². The van der Waals surface area contributed by atoms with Crippen LogP contribution in [0.25, 0.3) is 0 Å². The van der Waals surface area contributed by atoms with Crippen LogP contribution in [0.3, 0.4) is 0 Å². The van der Waals surface area contributed by atoms with Crippen molar-refractivity contribution in [3.8, 4) is 0 Å². The van der Waals surface area contributed by atoms with Gasteiger partial charge in [-0.25, -0.2) is 19.6 Å². The maximum Gasteiger partial charge on any atom is 0.234 e. The first kappa shape index (κ1) is 12.5. The minimum Gasteiger partial charge on any atom is -0.211 e. The number of nitrogens with zero attached hydrogens (tertiary/aromatic N) is 2. The van der Waals surface area contributed by atoms with Gasteiger partial charge in [0, 0.05) is 0 Å². The molecular weight excluding hydrogens is 180 g/mol. The number of hydrogen-bond donors (Lipinski definition) is 0. The first-order valence-electron chi connectivity index (χ1n) is 4.64. The number of isocyanates is 2. The first-order chi connectivity index (χ1) is 6.91. The zero-order valence-corrected chi connectivity index (χ0v) is 8.11. The lowest BCUT2D eigenvalue weighted by atomic mass is 10.2. The fourth-order valence-electron chi connectivity index (χ4n) is 0.919. The molecule has 0 bridgehead atoms. The average Bonchev–Trinajstić information content (AvgIpc) is 2.21. The quantitative estimate of drug-likeness (QED) is 0.256. The predicted octanol–water partition coefficient (Wildman–Crippen LogP) is 1.77. The van der Waals surface area contributed by atoms with Gasteiger partial charge in [-0.05, 0) is 25.7 Å². The van der Waals surface area contributed by atoms with Gasteiger partial charge >= 0.3 is 0 Å². The molecule has 0 rings (SSSR count). The Balaban J connectivity index is 3.18. The van der Waals surface area contributed by atoms with Crippen molar-refractivity contribution < 1.29 is 9.59 Å². The Morgan fingerprint density at radius 3 is 2.21 bits per heavy atom. The number of rotatable bonds is 8. The maximum atomic E-state index is 9.69. The first-order valence-corrected chi connectivity index (χ1v) is 4.64. The normalized spacial score (nSPS) is 9.43. The summed E-state index contributed by atoms with van der Waals surface area (Å²) in [6, 6.07) is 0. The van der Waals surface area contributed by atoms with E-state index >= 15 is 0 Å². The van der Waals surface area contributed by atoms with E-state index in [1.807, 2.05) is 12.2 Å². The van der Waals surface area contributed by atoms with Crippen molar-refractivity contribution in [3.05, 3.63) is 12.2 Å². The molecule has 0 aromatic carbocycles. The maximum absolute atomic E-state index is 9.69. The molecule has 0 aliphatic rings. The van der Waals surface area contributed by atoms with E-state index in [2.05, 4.69) is 9.98 Å². The molecule has 0 spiro atoms. The monoisotopic (exact) mass is 194 g/mol. The summed E-state index contributed by atoms with van der Waals surface area (Å²) in [4.78, 5) is 26.2. The van der Waals surface area contributed by atoms with Crippen LogP contribution in [0.4, 0.5) is 0 Å². The van der Waals surface area contributed by atoms with Crippen LogP contribution < -0.4 is 0 Å². The van der Waals surface area contributed by atoms with Gasteiger partial charge in [0.15, 0.2) is 0 Å². The molecule has 0 amide bonds. The van der Waals surface area contributed by atoms with Crippen molar-refractivity contribution in [3.63, 3.8) is 0 Å². The number of aliphatic imine (C=N–C) groups is 2. The molecule has 0 saturated heterocycles. The van der Waals surface area contributed by atoms with Crippen molar-refractivity contribution in [1.29, 1.82) is 0 Å². The summed E-state index contributed by atoms with van der Waals surface area (Å²) in [5.74, 6) is 0. The molecule has 0 N–H and O–H groups in total. The number of allylic oxidation sites excluding steroid dienone is 1. The van der Waals surface area contributed by atoms with Crippen molar-refractivity contribution >= 4 is 12.2 Å². The fourth-order valence-corrected chi connectivity index (χ4v) is 0.919. The minimum absolute atomic E-state index is 0.509. The van der Waals surface area contributed by atoms with Crippen LogP contribution in [0.5, 0.6) is 0 Å². The third-order valence-corrected chi connectivity index (χ3v) is 1.59. The van der Waals surface area contributed by atoms with Crippen molar-refractivity contribution in [1.82, 2.24) is 0 Å². The second-order valence-corrected chi connectivity index (χ2v) is 2.70. The summed E-state index contributed by atoms with van der Waals surface area (Å²) in [6.45, 7) is 1.07. The van der Waals surface area contributed by atoms with Gasteiger partial charge in [-0.2, -0.15) is 0 Å². The van der Waals surface area contributed by atoms with Crippen LogP contribution in [0.2, 0.25) is 0 Å². The summed E-state index contributed by atoms with van der Waals surface area (Å²) in [5.41, 5.74) is 0. The Bertz CT molecular complexity index is 249. The summed E-state index contributed by atoms with van der Waals surface area (Å²) >= 11 is 0. The van der Waals surface area contributed by atoms with Crippen molar-refractivity contribution in [2.45, 2.75) is 25.7 Å². The summed E-state index contributed by atoms with van der Waals surface area (Å²) in [5, 5.41) is 0. The van der Waals surface area contributed by atoms with Gasteiger partial charge in [0.1, 0.15) is 0 Å². The molecule has 76 valence electrons. The smallest absolute Gasteiger partial charge is 0.211 e. The topological polar surface area (TPSA) is 58.9 Å². The molecule has 0 aromatic rings. The molecule has 4 nitrogen and oxygen atoms in total. The van der Waals surface area contributed by atoms with Crippen LogP contribution in [-0.4, -0.2) is 25.2 Å². The van der Waals surface area contributed by atoms with Crippen LogP contribution in [0.1, 0.15) is 25.7 Å². The Hall–Kier alpha value is -1.50. The lowest BCUT2D eigenvalue weighted by Crippen LogP contribution is -1.80. The van der Waals surface area contributed by atoms with E-state index in [0.717, 1.165) is 25.7 Å². The van der Waals surface area contributed by atoms with Gasteiger partial charge in [-0.1, -0.05) is 12.2 Å². The SMILES string of the molecule is O=C=NCCC=CCCCCN=C=O. The molecule has 0 heterocycles. The highest BCUT2D eigenvalue weighted by Gasteiger charge is 1.84. The van der Waals surface area contributed by atoms with Crippen LogP contribution in [0, 0.1) is 0 Å². The average molecular weight is 194 g/mol. The molecular formula is C10H14N2O2. The van der Waals surface area contributed by atoms with E-state index in [0.29, 0.717) is 13.1 Å². The number of unbranched alkanes of at least 4 members (excludes halogenated alkanes) is 2. The minimum atomic E-state index is 0.509. The van der Waals surface area contributed by atoms with Gasteiger partial charge < -0.3 is 0 Å². The standard InChI is InChI=1S/C10H14N2O2/c13-9-11-7-5-3-1-2-4-6-8-12-10-14/h1,3H,2,4-8H2. The van der Waals surface area contributed by atoms with Gasteiger partial charge in [0.25, 0.3) is 0 Å². The second-order valence-electron chi connectivity index (χ2n) is 2.70. The third kappa shape index (κ3) is 10.5. The Morgan fingerprint density at radius 1 is 0.857 bits per heavy atom. The third-order valence-electron chi connectivity index (χ3n) is 1.59. The highest BCUT2D eigenvalue weighted by atomic mass is 16.1. The predicted molar refractivity (Wildman–Crippen MR) is 53.6 cm³/mol. The Morgan fingerprint density at radius 2 is 1.50 bits per heavy atom. The molecule has 0 aromatic heterocycles. The molecule has 0 atom stereocenters. The van der Waals surface area contributed by atoms with Crippen molar-refractivity contribution in [2.75, 3.05) is 13.1 Å². The lowest BCUT2D eigenvalue weighted by Gasteiger charge is -1.90. The Labute approximate surface area is 83.4 Å². The molecule has 0 radical (unpaired) electrons. The fraction of sp³-hybridized carbons (Fsp3) is 0.600. The molecule has 0 saturated carbocycles. The van der Waals surface area contributed by atoms with Gasteiger partial charge in [-0.3, -0.25) is 0 Å². The van der Waals surface area contributed by atoms with Gasteiger partial charge in [0.2, 0.25) is 12.2 Å². The molecule has 0 aliphatic carbocycles. The van der Waals surface area contributed by atoms with Crippen LogP contribution in [-0.2, 0) is 9.59 Å². The zero-order chi connectivity index (χ0) is 10.5. The molecule has 4 heteroatoms. The van der Waals surface area contributed by atoms with Gasteiger partial charge in [-0.15, -0.1) is 0 Å². The van der Waals surface area contributed by atoms with E-state index in [4.69, 9.17) is 0 Å². The van der Waals surface area contributed by atoms with E-state index in [1.165, 1.54) is 12.2 Å². The van der Waals surface area contributed by atoms with E-state index in [1.54, 1.807) is 0 Å². The van der Waals surface area contributed by atoms with Crippen LogP contribution >= 0.6 is 0 Å². The van der Waals surface area contributed by atoms with Crippen LogP contribution in [0.15, 0.2) is 22.1 Å². The van der Waals surface area contributed by atoms with Gasteiger partial charge in [0.05, 0.1) is 13.1 Å². The number of carbonyl (C=O) groups excluding carboxylic acids is 2. The lowest BCUT2D eigenvalue weighted by molar-refractivity contribution is 0.561. The zero-order valence-electron chi connectivity index (χ0n) is 8.11. The molecule has 14 heavy (non-hydrogen) atoms. The molecule has 0 fully saturated rings. The van der Waals surface area contributed by atoms with E-state index < -0.39 is 0 Å². The summed E-state index contributed by atoms with van der Waals surface area (Å²) in [6.07, 6.45) is 10.7. The molecule has 0 aliphatic heterocycles. The molecule has 0 unspecified atom stereocenters. The second kappa shape index (κ2) is 11.5.